The zero-order valence-electron chi connectivity index (χ0n) is 26.2. The van der Waals surface area contributed by atoms with E-state index in [0.29, 0.717) is 29.2 Å². The fourth-order valence-corrected chi connectivity index (χ4v) is 6.22. The molecule has 4 aromatic rings. The van der Waals surface area contributed by atoms with Crippen LogP contribution in [0.2, 0.25) is 0 Å². The first-order valence-electron chi connectivity index (χ1n) is 14.7. The Kier molecular flexibility index (Phi) is 8.93. The van der Waals surface area contributed by atoms with Gasteiger partial charge in [0.1, 0.15) is 23.0 Å². The fraction of sp³-hybridized carbons (Fsp3) is 0.278. The summed E-state index contributed by atoms with van der Waals surface area (Å²) in [5, 5.41) is 11.8. The number of aromatic nitrogens is 1. The highest BCUT2D eigenvalue weighted by Gasteiger charge is 2.48. The minimum atomic E-state index is -0.978. The van der Waals surface area contributed by atoms with Gasteiger partial charge in [-0.2, -0.15) is 0 Å². The summed E-state index contributed by atoms with van der Waals surface area (Å²) in [7, 11) is 0. The van der Waals surface area contributed by atoms with Gasteiger partial charge in [-0.1, -0.05) is 86.7 Å². The number of aliphatic hydroxyl groups excluding tert-OH is 1. The lowest BCUT2D eigenvalue weighted by atomic mass is 9.85. The van der Waals surface area contributed by atoms with E-state index in [1.54, 1.807) is 32.0 Å². The van der Waals surface area contributed by atoms with Crippen molar-refractivity contribution in [2.75, 3.05) is 11.5 Å². The molecule has 1 amide bonds. The molecule has 1 saturated heterocycles. The number of benzene rings is 3. The van der Waals surface area contributed by atoms with Crippen LogP contribution in [0.25, 0.3) is 5.76 Å². The van der Waals surface area contributed by atoms with Gasteiger partial charge in [0.15, 0.2) is 5.13 Å². The van der Waals surface area contributed by atoms with E-state index in [1.165, 1.54) is 4.90 Å². The molecule has 1 fully saturated rings. The van der Waals surface area contributed by atoms with Gasteiger partial charge >= 0.3 is 11.9 Å². The van der Waals surface area contributed by atoms with E-state index >= 15 is 0 Å². The van der Waals surface area contributed by atoms with Crippen molar-refractivity contribution in [3.63, 3.8) is 0 Å². The van der Waals surface area contributed by atoms with Crippen molar-refractivity contribution in [1.29, 1.82) is 0 Å². The van der Waals surface area contributed by atoms with Gasteiger partial charge < -0.3 is 14.6 Å². The molecule has 5 rings (SSSR count). The summed E-state index contributed by atoms with van der Waals surface area (Å²) in [6, 6.07) is 21.6. The van der Waals surface area contributed by atoms with Crippen LogP contribution in [0.4, 0.5) is 5.13 Å². The van der Waals surface area contributed by atoms with Gasteiger partial charge in [-0.25, -0.2) is 9.78 Å². The lowest BCUT2D eigenvalue weighted by Crippen LogP contribution is -2.29. The number of anilines is 1. The fourth-order valence-electron chi connectivity index (χ4n) is 5.23. The Morgan fingerprint density at radius 3 is 2.31 bits per heavy atom. The average molecular weight is 625 g/mol. The number of hydrogen-bond donors (Lipinski definition) is 1. The summed E-state index contributed by atoms with van der Waals surface area (Å²) in [6.45, 7) is 12.1. The monoisotopic (exact) mass is 624 g/mol. The highest BCUT2D eigenvalue weighted by molar-refractivity contribution is 7.17. The molecular formula is C36H36N2O6S. The molecule has 1 aromatic heterocycles. The van der Waals surface area contributed by atoms with Crippen molar-refractivity contribution in [1.82, 2.24) is 4.98 Å². The first-order chi connectivity index (χ1) is 21.4. The topological polar surface area (TPSA) is 106 Å². The molecule has 0 bridgehead atoms. The largest absolute Gasteiger partial charge is 0.507 e. The number of carbonyl (C=O) groups is 3. The molecule has 8 nitrogen and oxygen atoms in total. The average Bonchev–Trinajstić information content (AvgIpc) is 3.52. The van der Waals surface area contributed by atoms with Crippen LogP contribution in [0.5, 0.6) is 5.75 Å². The van der Waals surface area contributed by atoms with Crippen molar-refractivity contribution in [2.24, 2.45) is 0 Å². The van der Waals surface area contributed by atoms with Gasteiger partial charge in [0.05, 0.1) is 23.9 Å². The smallest absolute Gasteiger partial charge is 0.350 e. The Balaban J connectivity index is 1.59. The second kappa shape index (κ2) is 12.7. The molecule has 45 heavy (non-hydrogen) atoms. The number of esters is 1. The molecule has 0 unspecified atom stereocenters. The van der Waals surface area contributed by atoms with Crippen molar-refractivity contribution >= 4 is 39.9 Å². The summed E-state index contributed by atoms with van der Waals surface area (Å²) in [4.78, 5) is 46.0. The third-order valence-electron chi connectivity index (χ3n) is 7.67. The Morgan fingerprint density at radius 1 is 1.00 bits per heavy atom. The van der Waals surface area contributed by atoms with Gasteiger partial charge in [-0.05, 0) is 66.6 Å². The molecule has 3 aromatic carbocycles. The Bertz CT molecular complexity index is 1780. The number of amides is 1. The first-order valence-corrected chi connectivity index (χ1v) is 15.6. The van der Waals surface area contributed by atoms with Crippen LogP contribution in [-0.4, -0.2) is 34.4 Å². The predicted molar refractivity (Wildman–Crippen MR) is 175 cm³/mol. The zero-order chi connectivity index (χ0) is 32.5. The Morgan fingerprint density at radius 2 is 1.69 bits per heavy atom. The van der Waals surface area contributed by atoms with Crippen LogP contribution >= 0.6 is 11.3 Å². The van der Waals surface area contributed by atoms with Crippen LogP contribution in [0.15, 0.2) is 78.4 Å². The number of thiazole rings is 1. The van der Waals surface area contributed by atoms with E-state index in [1.807, 2.05) is 61.5 Å². The van der Waals surface area contributed by atoms with E-state index in [-0.39, 0.29) is 33.4 Å². The summed E-state index contributed by atoms with van der Waals surface area (Å²) >= 11 is 0.980. The van der Waals surface area contributed by atoms with E-state index in [2.05, 4.69) is 25.8 Å². The molecule has 1 N–H and O–H groups in total. The van der Waals surface area contributed by atoms with Crippen LogP contribution < -0.4 is 9.64 Å². The number of ketones is 1. The van der Waals surface area contributed by atoms with Crippen molar-refractivity contribution in [3.05, 3.63) is 117 Å². The highest BCUT2D eigenvalue weighted by Crippen LogP contribution is 2.44. The summed E-state index contributed by atoms with van der Waals surface area (Å²) < 4.78 is 11.2. The molecule has 1 aliphatic heterocycles. The molecular weight excluding hydrogens is 588 g/mol. The molecule has 1 aliphatic rings. The van der Waals surface area contributed by atoms with Crippen LogP contribution in [0.3, 0.4) is 0 Å². The minimum absolute atomic E-state index is 0.0635. The molecule has 232 valence electrons. The lowest BCUT2D eigenvalue weighted by molar-refractivity contribution is -0.132. The van der Waals surface area contributed by atoms with Crippen molar-refractivity contribution in [3.8, 4) is 5.75 Å². The number of aliphatic hydroxyl groups is 1. The number of rotatable bonds is 8. The van der Waals surface area contributed by atoms with E-state index in [0.717, 1.165) is 28.0 Å². The molecule has 0 aliphatic carbocycles. The summed E-state index contributed by atoms with van der Waals surface area (Å²) in [6.07, 6.45) is 0. The van der Waals surface area contributed by atoms with Gasteiger partial charge in [0, 0.05) is 5.56 Å². The number of ether oxygens (including phenoxy) is 2. The number of Topliss-reactive ketones (excluding diaryl/α,β-unsaturated/α-hetero) is 1. The number of hydrogen-bond acceptors (Lipinski definition) is 8. The van der Waals surface area contributed by atoms with Gasteiger partial charge in [0.2, 0.25) is 0 Å². The summed E-state index contributed by atoms with van der Waals surface area (Å²) in [5.41, 5.74) is 4.04. The number of nitrogens with zero attached hydrogens (tertiary/aromatic N) is 2. The molecule has 0 saturated carbocycles. The maximum Gasteiger partial charge on any atom is 0.350 e. The normalized spacial score (nSPS) is 16.2. The zero-order valence-corrected chi connectivity index (χ0v) is 27.0. The second-order valence-corrected chi connectivity index (χ2v) is 12.9. The van der Waals surface area contributed by atoms with Crippen LogP contribution in [0, 0.1) is 13.8 Å². The van der Waals surface area contributed by atoms with Crippen molar-refractivity contribution in [2.45, 2.75) is 59.6 Å². The maximum absolute atomic E-state index is 13.7. The molecule has 0 spiro atoms. The molecule has 0 radical (unpaired) electrons. The Hall–Kier alpha value is -4.76. The van der Waals surface area contributed by atoms with Gasteiger partial charge in [-0.3, -0.25) is 14.5 Å². The predicted octanol–water partition coefficient (Wildman–Crippen LogP) is 7.44. The van der Waals surface area contributed by atoms with E-state index in [9.17, 15) is 19.5 Å². The maximum atomic E-state index is 13.7. The first kappa shape index (κ1) is 31.7. The quantitative estimate of drug-likeness (QED) is 0.0940. The second-order valence-electron chi connectivity index (χ2n) is 11.9. The standard InChI is InChI=1S/C36H36N2O6S/c1-7-43-34(42)32-22(3)37-35(45-32)38-29(24-13-16-26(17-14-24)36(4,5)6)28(31(40)33(38)41)30(39)25-15-18-27(21(2)19-25)44-20-23-11-9-8-10-12-23/h8-19,29,39H,7,20H2,1-6H3/b30-28+/t29-/m1/s1. The number of carbonyl (C=O) groups excluding carboxylic acids is 3. The molecule has 9 heteroatoms. The highest BCUT2D eigenvalue weighted by atomic mass is 32.1. The third kappa shape index (κ3) is 6.40. The van der Waals surface area contributed by atoms with E-state index in [4.69, 9.17) is 9.47 Å². The van der Waals surface area contributed by atoms with E-state index < -0.39 is 23.7 Å². The summed E-state index contributed by atoms with van der Waals surface area (Å²) in [5.74, 6) is -1.91. The SMILES string of the molecule is CCOC(=O)c1sc(N2C(=O)C(=O)/C(=C(/O)c3ccc(OCc4ccccc4)c(C)c3)[C@H]2c2ccc(C(C)(C)C)cc2)nc1C. The van der Waals surface area contributed by atoms with Crippen molar-refractivity contribution < 1.29 is 29.0 Å². The molecule has 1 atom stereocenters. The lowest BCUT2D eigenvalue weighted by Gasteiger charge is -2.25. The van der Waals surface area contributed by atoms with Crippen LogP contribution in [0.1, 0.15) is 76.9 Å². The van der Waals surface area contributed by atoms with Gasteiger partial charge in [-0.15, -0.1) is 0 Å². The third-order valence-corrected chi connectivity index (χ3v) is 8.81. The van der Waals surface area contributed by atoms with Crippen LogP contribution in [-0.2, 0) is 26.3 Å². The number of aryl methyl sites for hydroxylation is 2. The minimum Gasteiger partial charge on any atom is -0.507 e. The molecule has 2 heterocycles. The van der Waals surface area contributed by atoms with Gasteiger partial charge in [0.25, 0.3) is 5.78 Å². The Labute approximate surface area is 267 Å².